The van der Waals surface area contributed by atoms with Gasteiger partial charge in [-0.15, -0.1) is 0 Å². The summed E-state index contributed by atoms with van der Waals surface area (Å²) in [5.41, 5.74) is 1.77. The molecule has 118 valence electrons. The first-order valence-electron chi connectivity index (χ1n) is 7.78. The first kappa shape index (κ1) is 15.2. The van der Waals surface area contributed by atoms with E-state index in [-0.39, 0.29) is 36.5 Å². The number of carbonyl (C=O) groups excluding carboxylic acids is 2. The van der Waals surface area contributed by atoms with E-state index < -0.39 is 0 Å². The normalized spacial score (nSPS) is 30.1. The Bertz CT molecular complexity index is 574. The van der Waals surface area contributed by atoms with Gasteiger partial charge >= 0.3 is 0 Å². The molecular weight excluding hydrogens is 280 g/mol. The Morgan fingerprint density at radius 1 is 1.05 bits per heavy atom. The number of benzene rings is 1. The molecule has 3 rings (SSSR count). The summed E-state index contributed by atoms with van der Waals surface area (Å²) in [5.74, 6) is -0.235. The molecule has 2 amide bonds. The number of carbonyl (C=O) groups is 2. The predicted octanol–water partition coefficient (Wildman–Crippen LogP) is 1.74. The average molecular weight is 302 g/mol. The van der Waals surface area contributed by atoms with Crippen LogP contribution in [0.1, 0.15) is 25.8 Å². The monoisotopic (exact) mass is 302 g/mol. The van der Waals surface area contributed by atoms with Crippen molar-refractivity contribution >= 4 is 17.5 Å². The predicted molar refractivity (Wildman–Crippen MR) is 83.7 cm³/mol. The molecule has 5 nitrogen and oxygen atoms in total. The van der Waals surface area contributed by atoms with Crippen molar-refractivity contribution in [1.82, 2.24) is 4.90 Å². The van der Waals surface area contributed by atoms with Gasteiger partial charge in [0.05, 0.1) is 30.4 Å². The molecule has 1 aromatic carbocycles. The maximum Gasteiger partial charge on any atom is 0.251 e. The first-order valence-corrected chi connectivity index (χ1v) is 7.78. The van der Waals surface area contributed by atoms with Crippen LogP contribution in [0.15, 0.2) is 24.3 Å². The number of anilines is 1. The van der Waals surface area contributed by atoms with E-state index >= 15 is 0 Å². The second-order valence-corrected chi connectivity index (χ2v) is 6.33. The van der Waals surface area contributed by atoms with Crippen molar-refractivity contribution < 1.29 is 14.3 Å². The molecule has 0 N–H and O–H groups in total. The summed E-state index contributed by atoms with van der Waals surface area (Å²) in [4.78, 5) is 28.5. The molecule has 2 heterocycles. The molecule has 0 aliphatic carbocycles. The Kier molecular flexibility index (Phi) is 4.02. The van der Waals surface area contributed by atoms with Crippen LogP contribution in [0.5, 0.6) is 0 Å². The van der Waals surface area contributed by atoms with Gasteiger partial charge in [0.15, 0.2) is 0 Å². The maximum atomic E-state index is 12.7. The molecule has 5 heteroatoms. The summed E-state index contributed by atoms with van der Waals surface area (Å²) < 4.78 is 5.71. The van der Waals surface area contributed by atoms with Gasteiger partial charge in [-0.2, -0.15) is 0 Å². The van der Waals surface area contributed by atoms with Gasteiger partial charge in [-0.05, 0) is 32.9 Å². The number of nitrogens with zero attached hydrogens (tertiary/aromatic N) is 2. The Labute approximate surface area is 130 Å². The SMILES string of the molecule is Cc1ccc(N2C(=O)C[C@H](N3C[C@H](C)O[C@@H](C)C3)C2=O)cc1. The van der Waals surface area contributed by atoms with Crippen LogP contribution in [0, 0.1) is 6.92 Å². The zero-order chi connectivity index (χ0) is 15.9. The smallest absolute Gasteiger partial charge is 0.251 e. The Morgan fingerprint density at radius 2 is 1.64 bits per heavy atom. The summed E-state index contributed by atoms with van der Waals surface area (Å²) in [6.07, 6.45) is 0.423. The minimum absolute atomic E-state index is 0.0834. The zero-order valence-electron chi connectivity index (χ0n) is 13.3. The Balaban J connectivity index is 1.80. The quantitative estimate of drug-likeness (QED) is 0.781. The van der Waals surface area contributed by atoms with Crippen LogP contribution in [0.2, 0.25) is 0 Å². The molecule has 1 aromatic rings. The number of ether oxygens (including phenoxy) is 1. The third-order valence-electron chi connectivity index (χ3n) is 4.30. The van der Waals surface area contributed by atoms with E-state index in [1.54, 1.807) is 0 Å². The fourth-order valence-corrected chi connectivity index (χ4v) is 3.34. The van der Waals surface area contributed by atoms with Crippen molar-refractivity contribution in [3.63, 3.8) is 0 Å². The van der Waals surface area contributed by atoms with E-state index in [1.165, 1.54) is 4.90 Å². The van der Waals surface area contributed by atoms with Crippen LogP contribution in [0.25, 0.3) is 0 Å². The minimum atomic E-state index is -0.359. The van der Waals surface area contributed by atoms with Crippen LogP contribution in [-0.2, 0) is 14.3 Å². The summed E-state index contributed by atoms with van der Waals surface area (Å²) >= 11 is 0. The molecule has 3 atom stereocenters. The fourth-order valence-electron chi connectivity index (χ4n) is 3.34. The van der Waals surface area contributed by atoms with Gasteiger partial charge in [0.2, 0.25) is 5.91 Å². The molecule has 0 radical (unpaired) electrons. The lowest BCUT2D eigenvalue weighted by atomic mass is 10.1. The van der Waals surface area contributed by atoms with Gasteiger partial charge in [-0.1, -0.05) is 17.7 Å². The number of imide groups is 1. The lowest BCUT2D eigenvalue weighted by molar-refractivity contribution is -0.127. The number of morpholine rings is 1. The van der Waals surface area contributed by atoms with E-state index in [0.29, 0.717) is 18.8 Å². The molecule has 0 bridgehead atoms. The largest absolute Gasteiger partial charge is 0.373 e. The van der Waals surface area contributed by atoms with Gasteiger partial charge in [0.1, 0.15) is 0 Å². The standard InChI is InChI=1S/C17H22N2O3/c1-11-4-6-14(7-5-11)19-16(20)8-15(17(19)21)18-9-12(2)22-13(3)10-18/h4-7,12-13,15H,8-10H2,1-3H3/t12-,13-,15-/m0/s1. The van der Waals surface area contributed by atoms with Crippen molar-refractivity contribution in [3.8, 4) is 0 Å². The first-order chi connectivity index (χ1) is 10.5. The Hall–Kier alpha value is -1.72. The number of hydrogen-bond donors (Lipinski definition) is 0. The molecule has 2 fully saturated rings. The summed E-state index contributed by atoms with van der Waals surface area (Å²) in [6.45, 7) is 7.37. The van der Waals surface area contributed by atoms with Crippen LogP contribution < -0.4 is 4.90 Å². The molecule has 0 unspecified atom stereocenters. The Morgan fingerprint density at radius 3 is 2.23 bits per heavy atom. The van der Waals surface area contributed by atoms with Crippen LogP contribution in [0.3, 0.4) is 0 Å². The molecule has 22 heavy (non-hydrogen) atoms. The van der Waals surface area contributed by atoms with E-state index in [9.17, 15) is 9.59 Å². The van der Waals surface area contributed by atoms with Crippen molar-refractivity contribution in [2.45, 2.75) is 45.4 Å². The number of rotatable bonds is 2. The molecular formula is C17H22N2O3. The van der Waals surface area contributed by atoms with Crippen molar-refractivity contribution in [2.75, 3.05) is 18.0 Å². The highest BCUT2D eigenvalue weighted by Crippen LogP contribution is 2.27. The fraction of sp³-hybridized carbons (Fsp3) is 0.529. The van der Waals surface area contributed by atoms with Gasteiger partial charge in [0.25, 0.3) is 5.91 Å². The molecule has 0 saturated carbocycles. The van der Waals surface area contributed by atoms with E-state index in [1.807, 2.05) is 45.0 Å². The third kappa shape index (κ3) is 2.78. The lowest BCUT2D eigenvalue weighted by Gasteiger charge is -2.37. The average Bonchev–Trinajstić information content (AvgIpc) is 2.74. The van der Waals surface area contributed by atoms with E-state index in [2.05, 4.69) is 4.90 Å². The highest BCUT2D eigenvalue weighted by molar-refractivity contribution is 6.22. The van der Waals surface area contributed by atoms with Gasteiger partial charge < -0.3 is 4.74 Å². The molecule has 2 saturated heterocycles. The van der Waals surface area contributed by atoms with E-state index in [4.69, 9.17) is 4.74 Å². The second kappa shape index (κ2) is 5.82. The number of amides is 2. The molecule has 0 spiro atoms. The molecule has 0 aromatic heterocycles. The zero-order valence-corrected chi connectivity index (χ0v) is 13.3. The van der Waals surface area contributed by atoms with Crippen molar-refractivity contribution in [2.24, 2.45) is 0 Å². The molecule has 2 aliphatic heterocycles. The van der Waals surface area contributed by atoms with Crippen LogP contribution >= 0.6 is 0 Å². The highest BCUT2D eigenvalue weighted by atomic mass is 16.5. The number of aryl methyl sites for hydroxylation is 1. The summed E-state index contributed by atoms with van der Waals surface area (Å²) in [5, 5.41) is 0. The third-order valence-corrected chi connectivity index (χ3v) is 4.30. The van der Waals surface area contributed by atoms with Gasteiger partial charge in [-0.3, -0.25) is 14.5 Å². The topological polar surface area (TPSA) is 49.9 Å². The highest BCUT2D eigenvalue weighted by Gasteiger charge is 2.44. The van der Waals surface area contributed by atoms with E-state index in [0.717, 1.165) is 5.56 Å². The number of hydrogen-bond acceptors (Lipinski definition) is 4. The van der Waals surface area contributed by atoms with Crippen LogP contribution in [0.4, 0.5) is 5.69 Å². The van der Waals surface area contributed by atoms with Gasteiger partial charge in [-0.25, -0.2) is 4.90 Å². The summed E-state index contributed by atoms with van der Waals surface area (Å²) in [6, 6.07) is 7.14. The van der Waals surface area contributed by atoms with Crippen molar-refractivity contribution in [3.05, 3.63) is 29.8 Å². The second-order valence-electron chi connectivity index (χ2n) is 6.33. The minimum Gasteiger partial charge on any atom is -0.373 e. The van der Waals surface area contributed by atoms with Crippen molar-refractivity contribution in [1.29, 1.82) is 0 Å². The lowest BCUT2D eigenvalue weighted by Crippen LogP contribution is -2.52. The van der Waals surface area contributed by atoms with Crippen LogP contribution in [-0.4, -0.2) is 48.1 Å². The summed E-state index contributed by atoms with van der Waals surface area (Å²) in [7, 11) is 0. The maximum absolute atomic E-state index is 12.7. The van der Waals surface area contributed by atoms with Gasteiger partial charge in [0, 0.05) is 13.1 Å². The molecule has 2 aliphatic rings.